The summed E-state index contributed by atoms with van der Waals surface area (Å²) >= 11 is 0. The smallest absolute Gasteiger partial charge is 0.410 e. The molecule has 0 spiro atoms. The molecule has 2 aliphatic heterocycles. The highest BCUT2D eigenvalue weighted by Gasteiger charge is 2.49. The van der Waals surface area contributed by atoms with Crippen LogP contribution in [0.1, 0.15) is 45.2 Å². The Morgan fingerprint density at radius 2 is 1.86 bits per heavy atom. The number of amides is 1. The summed E-state index contributed by atoms with van der Waals surface area (Å²) in [7, 11) is 0. The maximum atomic E-state index is 15.3. The second kappa shape index (κ2) is 10.5. The molecule has 2 bridgehead atoms. The van der Waals surface area contributed by atoms with Gasteiger partial charge in [0.2, 0.25) is 5.89 Å². The lowest BCUT2D eigenvalue weighted by Gasteiger charge is -2.38. The maximum Gasteiger partial charge on any atom is 0.410 e. The van der Waals surface area contributed by atoms with Crippen LogP contribution in [0.4, 0.5) is 35.0 Å². The van der Waals surface area contributed by atoms with Crippen molar-refractivity contribution in [3.63, 3.8) is 0 Å². The molecule has 1 amide bonds. The van der Waals surface area contributed by atoms with Crippen LogP contribution < -0.4 is 20.7 Å². The van der Waals surface area contributed by atoms with E-state index in [0.29, 0.717) is 25.2 Å². The zero-order chi connectivity index (χ0) is 30.6. The average Bonchev–Trinajstić information content (AvgIpc) is 3.71. The van der Waals surface area contributed by atoms with Crippen LogP contribution in [0.25, 0.3) is 11.5 Å². The van der Waals surface area contributed by atoms with Crippen LogP contribution in [0, 0.1) is 5.82 Å². The third-order valence-corrected chi connectivity index (χ3v) is 7.45. The summed E-state index contributed by atoms with van der Waals surface area (Å²) in [4.78, 5) is 48.0. The monoisotopic (exact) mass is 596 g/mol. The predicted molar refractivity (Wildman–Crippen MR) is 149 cm³/mol. The molecule has 2 fully saturated rings. The molecule has 0 aliphatic carbocycles. The van der Waals surface area contributed by atoms with Crippen molar-refractivity contribution >= 4 is 23.2 Å². The number of carbonyl (C=O) groups is 1. The number of carbonyl (C=O) groups excluding carboxylic acids is 1. The molecular weight excluding hydrogens is 569 g/mol. The van der Waals surface area contributed by atoms with Gasteiger partial charge < -0.3 is 23.9 Å². The van der Waals surface area contributed by atoms with Crippen LogP contribution in [0.2, 0.25) is 0 Å². The zero-order valence-electron chi connectivity index (χ0n) is 23.5. The Morgan fingerprint density at radius 3 is 2.47 bits per heavy atom. The van der Waals surface area contributed by atoms with Gasteiger partial charge in [0.1, 0.15) is 22.8 Å². The number of fused-ring (bicyclic) bond motifs is 2. The van der Waals surface area contributed by atoms with Crippen molar-refractivity contribution in [3.8, 4) is 11.5 Å². The first-order chi connectivity index (χ1) is 20.4. The Labute approximate surface area is 243 Å². The summed E-state index contributed by atoms with van der Waals surface area (Å²) in [5.41, 5.74) is -1.23. The normalized spacial score (nSPS) is 18.2. The topological polar surface area (TPSA) is 122 Å². The Morgan fingerprint density at radius 1 is 1.12 bits per heavy atom. The van der Waals surface area contributed by atoms with Gasteiger partial charge in [-0.3, -0.25) is 14.6 Å². The maximum absolute atomic E-state index is 15.3. The average molecular weight is 597 g/mol. The van der Waals surface area contributed by atoms with Crippen molar-refractivity contribution in [2.24, 2.45) is 0 Å². The summed E-state index contributed by atoms with van der Waals surface area (Å²) in [5.74, 6) is -2.02. The van der Waals surface area contributed by atoms with E-state index in [1.54, 1.807) is 56.0 Å². The van der Waals surface area contributed by atoms with E-state index < -0.39 is 40.7 Å². The lowest BCUT2D eigenvalue weighted by Crippen LogP contribution is -2.54. The number of likely N-dealkylation sites (tertiary alicyclic amines) is 1. The highest BCUT2D eigenvalue weighted by atomic mass is 19.3. The SMILES string of the molecule is CC(C)(C)OC(=O)N1C[C@@H]2C[C@H]1CN2c1c(N(Cc2ncc(-c3nnc(C(F)F)o3)cc2F)c2ccccc2)c(=O)c1=O. The van der Waals surface area contributed by atoms with Crippen molar-refractivity contribution in [3.05, 3.63) is 80.4 Å². The number of aromatic nitrogens is 3. The fourth-order valence-corrected chi connectivity index (χ4v) is 5.57. The molecule has 0 saturated carbocycles. The number of nitrogens with zero attached hydrogens (tertiary/aromatic N) is 6. The number of hydrogen-bond acceptors (Lipinski definition) is 10. The number of rotatable bonds is 7. The number of halogens is 3. The summed E-state index contributed by atoms with van der Waals surface area (Å²) in [5, 5.41) is 6.77. The van der Waals surface area contributed by atoms with Gasteiger partial charge >= 0.3 is 12.5 Å². The highest BCUT2D eigenvalue weighted by Crippen LogP contribution is 2.40. The lowest BCUT2D eigenvalue weighted by molar-refractivity contribution is 0.0214. The molecule has 0 radical (unpaired) electrons. The van der Waals surface area contributed by atoms with Crippen molar-refractivity contribution in [1.29, 1.82) is 0 Å². The summed E-state index contributed by atoms with van der Waals surface area (Å²) in [6.45, 7) is 5.84. The predicted octanol–water partition coefficient (Wildman–Crippen LogP) is 4.34. The van der Waals surface area contributed by atoms with Crippen LogP contribution >= 0.6 is 0 Å². The van der Waals surface area contributed by atoms with Gasteiger partial charge in [-0.05, 0) is 45.4 Å². The Balaban J connectivity index is 1.29. The molecule has 2 aromatic heterocycles. The van der Waals surface area contributed by atoms with Crippen LogP contribution in [0.15, 0.2) is 56.6 Å². The molecule has 2 aliphatic rings. The Bertz CT molecular complexity index is 1750. The van der Waals surface area contributed by atoms with E-state index in [0.717, 1.165) is 6.07 Å². The molecule has 6 rings (SSSR count). The van der Waals surface area contributed by atoms with Crippen LogP contribution in [0.5, 0.6) is 0 Å². The number of para-hydroxylation sites is 1. The van der Waals surface area contributed by atoms with Crippen LogP contribution in [-0.2, 0) is 11.3 Å². The van der Waals surface area contributed by atoms with E-state index >= 15 is 4.39 Å². The van der Waals surface area contributed by atoms with Crippen molar-refractivity contribution in [2.75, 3.05) is 22.9 Å². The van der Waals surface area contributed by atoms with Gasteiger partial charge in [-0.15, -0.1) is 10.2 Å². The zero-order valence-corrected chi connectivity index (χ0v) is 23.5. The summed E-state index contributed by atoms with van der Waals surface area (Å²) in [6, 6.07) is 9.35. The lowest BCUT2D eigenvalue weighted by atomic mass is 10.1. The van der Waals surface area contributed by atoms with E-state index in [9.17, 15) is 23.2 Å². The van der Waals surface area contributed by atoms with Gasteiger partial charge in [-0.1, -0.05) is 18.2 Å². The quantitative estimate of drug-likeness (QED) is 0.285. The molecule has 0 unspecified atom stereocenters. The molecule has 2 saturated heterocycles. The summed E-state index contributed by atoms with van der Waals surface area (Å²) < 4.78 is 51.5. The van der Waals surface area contributed by atoms with Crippen LogP contribution in [0.3, 0.4) is 0 Å². The Hall–Kier alpha value is -4.75. The first-order valence-electron chi connectivity index (χ1n) is 13.6. The number of alkyl halides is 2. The molecule has 224 valence electrons. The largest absolute Gasteiger partial charge is 0.444 e. The third-order valence-electron chi connectivity index (χ3n) is 7.45. The standard InChI is InChI=1S/C29H27F3N6O5/c1-29(2,3)43-28(41)38-13-17-10-18(38)12-36(17)21-22(24(40)23(21)39)37(16-7-5-4-6-8-16)14-20-19(30)9-15(11-33-20)26-34-35-27(42-26)25(31)32/h4-9,11,17-18,25H,10,12-14H2,1-3H3/t17-,18-/m0/s1. The van der Waals surface area contributed by atoms with Gasteiger partial charge in [-0.2, -0.15) is 8.78 Å². The number of anilines is 3. The van der Waals surface area contributed by atoms with Crippen molar-refractivity contribution in [1.82, 2.24) is 20.1 Å². The van der Waals surface area contributed by atoms with Gasteiger partial charge in [0.15, 0.2) is 0 Å². The molecule has 2 aromatic carbocycles. The second-order valence-corrected chi connectivity index (χ2v) is 11.5. The van der Waals surface area contributed by atoms with Gasteiger partial charge in [0, 0.05) is 31.0 Å². The molecule has 0 N–H and O–H groups in total. The second-order valence-electron chi connectivity index (χ2n) is 11.5. The minimum Gasteiger partial charge on any atom is -0.444 e. The van der Waals surface area contributed by atoms with Gasteiger partial charge in [0.25, 0.3) is 16.7 Å². The minimum atomic E-state index is -2.98. The number of ether oxygens (including phenoxy) is 1. The molecule has 14 heteroatoms. The number of benzene rings is 1. The van der Waals surface area contributed by atoms with Gasteiger partial charge in [0.05, 0.1) is 23.8 Å². The number of pyridine rings is 1. The summed E-state index contributed by atoms with van der Waals surface area (Å²) in [6.07, 6.45) is -1.58. The third kappa shape index (κ3) is 5.21. The Kier molecular flexibility index (Phi) is 6.93. The van der Waals surface area contributed by atoms with Crippen molar-refractivity contribution < 1.29 is 27.1 Å². The van der Waals surface area contributed by atoms with Gasteiger partial charge in [-0.25, -0.2) is 9.18 Å². The van der Waals surface area contributed by atoms with E-state index in [1.165, 1.54) is 11.1 Å². The molecule has 11 nitrogen and oxygen atoms in total. The highest BCUT2D eigenvalue weighted by molar-refractivity contribution is 5.82. The molecule has 4 aromatic rings. The number of piperazine rings is 1. The first-order valence-corrected chi connectivity index (χ1v) is 13.6. The van der Waals surface area contributed by atoms with Crippen LogP contribution in [-0.4, -0.2) is 56.9 Å². The van der Waals surface area contributed by atoms with E-state index in [4.69, 9.17) is 9.15 Å². The van der Waals surface area contributed by atoms with Crippen molar-refractivity contribution in [2.45, 2.75) is 57.8 Å². The molecular formula is C29H27F3N6O5. The molecule has 43 heavy (non-hydrogen) atoms. The van der Waals surface area contributed by atoms with E-state index in [-0.39, 0.29) is 47.2 Å². The fourth-order valence-electron chi connectivity index (χ4n) is 5.57. The minimum absolute atomic E-state index is 0.00403. The fraction of sp³-hybridized carbons (Fsp3) is 0.379. The van der Waals surface area contributed by atoms with E-state index in [1.807, 2.05) is 4.90 Å². The molecule has 2 atom stereocenters. The number of hydrogen-bond donors (Lipinski definition) is 0. The van der Waals surface area contributed by atoms with E-state index in [2.05, 4.69) is 15.2 Å². The molecule has 4 heterocycles. The first kappa shape index (κ1) is 28.4.